The molecule has 0 fully saturated rings. The molecule has 0 amide bonds. The highest BCUT2D eigenvalue weighted by molar-refractivity contribution is 5.99. The van der Waals surface area contributed by atoms with Crippen molar-refractivity contribution in [2.24, 2.45) is 0 Å². The molecule has 1 heterocycles. The molecule has 0 radical (unpaired) electrons. The van der Waals surface area contributed by atoms with Crippen LogP contribution in [0.2, 0.25) is 0 Å². The van der Waals surface area contributed by atoms with Crippen LogP contribution in [0.4, 0.5) is 11.5 Å². The van der Waals surface area contributed by atoms with Crippen LogP contribution in [-0.4, -0.2) is 24.3 Å². The molecule has 0 saturated carbocycles. The fraction of sp³-hybridized carbons (Fsp3) is 0.125. The molecule has 3 rings (SSSR count). The summed E-state index contributed by atoms with van der Waals surface area (Å²) in [6.45, 7) is 0. The summed E-state index contributed by atoms with van der Waals surface area (Å²) < 4.78 is 0. The first-order valence-electron chi connectivity index (χ1n) is 6.45. The predicted octanol–water partition coefficient (Wildman–Crippen LogP) is 2.95. The molecule has 100 valence electrons. The summed E-state index contributed by atoms with van der Waals surface area (Å²) in [7, 11) is 4.04. The van der Waals surface area contributed by atoms with Crippen molar-refractivity contribution in [3.05, 3.63) is 48.5 Å². The van der Waals surface area contributed by atoms with E-state index in [9.17, 15) is 0 Å². The van der Waals surface area contributed by atoms with Gasteiger partial charge >= 0.3 is 0 Å². The minimum atomic E-state index is 0.467. The summed E-state index contributed by atoms with van der Waals surface area (Å²) in [6.07, 6.45) is 0. The number of hydrogen-bond donors (Lipinski definition) is 1. The molecular formula is C16H16N4. The smallest absolute Gasteiger partial charge is 0.154 e. The molecule has 0 unspecified atom stereocenters. The van der Waals surface area contributed by atoms with Crippen LogP contribution in [-0.2, 0) is 0 Å². The Morgan fingerprint density at radius 1 is 0.850 bits per heavy atom. The minimum absolute atomic E-state index is 0.467. The second-order valence-corrected chi connectivity index (χ2v) is 4.92. The number of nitrogen functional groups attached to an aromatic ring is 1. The van der Waals surface area contributed by atoms with Crippen LogP contribution >= 0.6 is 0 Å². The maximum Gasteiger partial charge on any atom is 0.154 e. The third kappa shape index (κ3) is 2.05. The molecule has 2 N–H and O–H groups in total. The molecule has 1 aromatic heterocycles. The molecule has 20 heavy (non-hydrogen) atoms. The fourth-order valence-electron chi connectivity index (χ4n) is 2.26. The summed E-state index contributed by atoms with van der Waals surface area (Å²) in [5.74, 6) is 0.467. The van der Waals surface area contributed by atoms with Gasteiger partial charge in [-0.25, -0.2) is 0 Å². The predicted molar refractivity (Wildman–Crippen MR) is 83.7 cm³/mol. The summed E-state index contributed by atoms with van der Waals surface area (Å²) >= 11 is 0. The average molecular weight is 264 g/mol. The Morgan fingerprint density at radius 2 is 1.50 bits per heavy atom. The molecule has 0 spiro atoms. The van der Waals surface area contributed by atoms with E-state index >= 15 is 0 Å². The van der Waals surface area contributed by atoms with Crippen molar-refractivity contribution in [2.75, 3.05) is 24.7 Å². The maximum absolute atomic E-state index is 5.89. The molecule has 4 nitrogen and oxygen atoms in total. The van der Waals surface area contributed by atoms with Gasteiger partial charge in [-0.1, -0.05) is 36.4 Å². The number of benzene rings is 2. The number of rotatable bonds is 2. The zero-order valence-corrected chi connectivity index (χ0v) is 11.5. The highest BCUT2D eigenvalue weighted by Crippen LogP contribution is 2.29. The van der Waals surface area contributed by atoms with Gasteiger partial charge in [-0.15, -0.1) is 10.2 Å². The van der Waals surface area contributed by atoms with E-state index in [-0.39, 0.29) is 0 Å². The first-order chi connectivity index (χ1) is 9.66. The van der Waals surface area contributed by atoms with E-state index < -0.39 is 0 Å². The molecular weight excluding hydrogens is 248 g/mol. The minimum Gasteiger partial charge on any atom is -0.382 e. The molecule has 0 saturated heterocycles. The van der Waals surface area contributed by atoms with Gasteiger partial charge in [0.15, 0.2) is 5.82 Å². The molecule has 0 aliphatic heterocycles. The van der Waals surface area contributed by atoms with Crippen LogP contribution in [0, 0.1) is 0 Å². The Labute approximate surface area is 117 Å². The Balaban J connectivity index is 2.17. The quantitative estimate of drug-likeness (QED) is 0.773. The second kappa shape index (κ2) is 4.81. The van der Waals surface area contributed by atoms with Crippen molar-refractivity contribution in [3.8, 4) is 11.3 Å². The van der Waals surface area contributed by atoms with Crippen molar-refractivity contribution >= 4 is 22.3 Å². The molecule has 0 atom stereocenters. The van der Waals surface area contributed by atoms with Crippen molar-refractivity contribution < 1.29 is 0 Å². The first-order valence-corrected chi connectivity index (χ1v) is 6.45. The standard InChI is InChI=1S/C16H16N4/c1-20(2)12-9-7-11(8-10-12)15-13-5-3-4-6-14(13)16(17)19-18-15/h3-10H,1-2H3,(H2,17,19). The Bertz CT molecular complexity index is 748. The Kier molecular flexibility index (Phi) is 2.99. The van der Waals surface area contributed by atoms with Gasteiger partial charge in [-0.3, -0.25) is 0 Å². The zero-order chi connectivity index (χ0) is 14.1. The topological polar surface area (TPSA) is 55.0 Å². The second-order valence-electron chi connectivity index (χ2n) is 4.92. The highest BCUT2D eigenvalue weighted by atomic mass is 15.1. The number of aromatic nitrogens is 2. The number of hydrogen-bond acceptors (Lipinski definition) is 4. The van der Waals surface area contributed by atoms with Crippen LogP contribution in [0.25, 0.3) is 22.0 Å². The van der Waals surface area contributed by atoms with Gasteiger partial charge in [0.2, 0.25) is 0 Å². The van der Waals surface area contributed by atoms with Crippen LogP contribution < -0.4 is 10.6 Å². The fourth-order valence-corrected chi connectivity index (χ4v) is 2.26. The van der Waals surface area contributed by atoms with Crippen LogP contribution in [0.1, 0.15) is 0 Å². The summed E-state index contributed by atoms with van der Waals surface area (Å²) in [6, 6.07) is 16.2. The van der Waals surface area contributed by atoms with Gasteiger partial charge in [0.25, 0.3) is 0 Å². The van der Waals surface area contributed by atoms with Gasteiger partial charge in [-0.05, 0) is 12.1 Å². The molecule has 0 aliphatic carbocycles. The zero-order valence-electron chi connectivity index (χ0n) is 11.5. The van der Waals surface area contributed by atoms with Gasteiger partial charge in [0, 0.05) is 36.1 Å². The Hall–Kier alpha value is -2.62. The van der Waals surface area contributed by atoms with Crippen molar-refractivity contribution in [1.29, 1.82) is 0 Å². The van der Waals surface area contributed by atoms with Crippen LogP contribution in [0.3, 0.4) is 0 Å². The number of nitrogens with two attached hydrogens (primary N) is 1. The SMILES string of the molecule is CN(C)c1ccc(-c2nnc(N)c3ccccc23)cc1. The van der Waals surface area contributed by atoms with E-state index in [2.05, 4.69) is 39.4 Å². The molecule has 0 aliphatic rings. The van der Waals surface area contributed by atoms with E-state index in [0.717, 1.165) is 27.7 Å². The molecule has 4 heteroatoms. The molecule has 2 aromatic carbocycles. The largest absolute Gasteiger partial charge is 0.382 e. The lowest BCUT2D eigenvalue weighted by atomic mass is 10.0. The Morgan fingerprint density at radius 3 is 2.15 bits per heavy atom. The molecule has 0 bridgehead atoms. The normalized spacial score (nSPS) is 10.7. The van der Waals surface area contributed by atoms with E-state index in [1.807, 2.05) is 38.4 Å². The van der Waals surface area contributed by atoms with E-state index in [0.29, 0.717) is 5.82 Å². The lowest BCUT2D eigenvalue weighted by molar-refractivity contribution is 1.07. The number of anilines is 2. The summed E-state index contributed by atoms with van der Waals surface area (Å²) in [5.41, 5.74) is 8.94. The number of nitrogens with zero attached hydrogens (tertiary/aromatic N) is 3. The summed E-state index contributed by atoms with van der Waals surface area (Å²) in [5, 5.41) is 10.3. The van der Waals surface area contributed by atoms with Crippen molar-refractivity contribution in [2.45, 2.75) is 0 Å². The van der Waals surface area contributed by atoms with Crippen LogP contribution in [0.5, 0.6) is 0 Å². The van der Waals surface area contributed by atoms with E-state index in [4.69, 9.17) is 5.73 Å². The van der Waals surface area contributed by atoms with Crippen molar-refractivity contribution in [3.63, 3.8) is 0 Å². The summed E-state index contributed by atoms with van der Waals surface area (Å²) in [4.78, 5) is 2.07. The van der Waals surface area contributed by atoms with E-state index in [1.54, 1.807) is 0 Å². The van der Waals surface area contributed by atoms with Gasteiger partial charge in [0.05, 0.1) is 0 Å². The lowest BCUT2D eigenvalue weighted by Gasteiger charge is -2.13. The van der Waals surface area contributed by atoms with Gasteiger partial charge in [-0.2, -0.15) is 0 Å². The van der Waals surface area contributed by atoms with Gasteiger partial charge < -0.3 is 10.6 Å². The van der Waals surface area contributed by atoms with Gasteiger partial charge in [0.1, 0.15) is 5.69 Å². The third-order valence-corrected chi connectivity index (χ3v) is 3.37. The lowest BCUT2D eigenvalue weighted by Crippen LogP contribution is -2.08. The number of fused-ring (bicyclic) bond motifs is 1. The van der Waals surface area contributed by atoms with E-state index in [1.165, 1.54) is 0 Å². The van der Waals surface area contributed by atoms with Crippen molar-refractivity contribution in [1.82, 2.24) is 10.2 Å². The molecule has 3 aromatic rings. The monoisotopic (exact) mass is 264 g/mol. The first kappa shape index (κ1) is 12.4. The third-order valence-electron chi connectivity index (χ3n) is 3.37. The van der Waals surface area contributed by atoms with Crippen LogP contribution in [0.15, 0.2) is 48.5 Å². The maximum atomic E-state index is 5.89. The average Bonchev–Trinajstić information content (AvgIpc) is 2.48. The highest BCUT2D eigenvalue weighted by Gasteiger charge is 2.09.